The fraction of sp³-hybridized carbons (Fsp3) is 0.300. The summed E-state index contributed by atoms with van der Waals surface area (Å²) in [6, 6.07) is 11.8. The Morgan fingerprint density at radius 3 is 2.65 bits per heavy atom. The van der Waals surface area contributed by atoms with Gasteiger partial charge < -0.3 is 10.6 Å². The molecule has 0 aliphatic carbocycles. The highest BCUT2D eigenvalue weighted by atomic mass is 16.1. The maximum atomic E-state index is 12.0. The number of amides is 1. The maximum Gasteiger partial charge on any atom is 0.221 e. The lowest BCUT2D eigenvalue weighted by molar-refractivity contribution is -0.121. The first-order chi connectivity index (χ1) is 12.7. The number of carbonyl (C=O) groups excluding carboxylic acids is 1. The molecule has 2 aromatic heterocycles. The molecule has 0 saturated carbocycles. The number of hydrogen-bond acceptors (Lipinski definition) is 5. The van der Waals surface area contributed by atoms with Crippen molar-refractivity contribution in [3.8, 4) is 11.4 Å². The lowest BCUT2D eigenvalue weighted by atomic mass is 10.2. The van der Waals surface area contributed by atoms with Crippen LogP contribution in [0.4, 0.5) is 5.82 Å². The van der Waals surface area contributed by atoms with Gasteiger partial charge in [0.1, 0.15) is 5.82 Å². The van der Waals surface area contributed by atoms with Gasteiger partial charge in [0.05, 0.1) is 5.52 Å². The molecule has 1 unspecified atom stereocenters. The average molecular weight is 349 g/mol. The van der Waals surface area contributed by atoms with Gasteiger partial charge in [0.25, 0.3) is 0 Å². The number of pyridine rings is 1. The van der Waals surface area contributed by atoms with Crippen LogP contribution in [0, 0.1) is 0 Å². The SMILES string of the molecule is CCC(C)NC(=O)CCNc1nc(-c2ccncc2)nc2ccccc12. The summed E-state index contributed by atoms with van der Waals surface area (Å²) in [4.78, 5) is 25.3. The van der Waals surface area contributed by atoms with Crippen LogP contribution in [0.15, 0.2) is 48.8 Å². The summed E-state index contributed by atoms with van der Waals surface area (Å²) in [5, 5.41) is 7.20. The predicted molar refractivity (Wildman–Crippen MR) is 104 cm³/mol. The van der Waals surface area contributed by atoms with Crippen LogP contribution in [-0.2, 0) is 4.79 Å². The number of nitrogens with one attached hydrogen (secondary N) is 2. The van der Waals surface area contributed by atoms with Gasteiger partial charge in [-0.15, -0.1) is 0 Å². The molecule has 0 spiro atoms. The minimum absolute atomic E-state index is 0.0413. The minimum Gasteiger partial charge on any atom is -0.369 e. The fourth-order valence-electron chi connectivity index (χ4n) is 2.58. The minimum atomic E-state index is 0.0413. The lowest BCUT2D eigenvalue weighted by Crippen LogP contribution is -2.33. The third-order valence-corrected chi connectivity index (χ3v) is 4.21. The Kier molecular flexibility index (Phi) is 5.73. The predicted octanol–water partition coefficient (Wildman–Crippen LogP) is 3.41. The van der Waals surface area contributed by atoms with Crippen molar-refractivity contribution < 1.29 is 4.79 Å². The van der Waals surface area contributed by atoms with E-state index in [1.807, 2.05) is 43.3 Å². The number of hydrogen-bond donors (Lipinski definition) is 2. The smallest absolute Gasteiger partial charge is 0.221 e. The summed E-state index contributed by atoms with van der Waals surface area (Å²) in [5.74, 6) is 1.41. The number of rotatable bonds is 7. The topological polar surface area (TPSA) is 79.8 Å². The summed E-state index contributed by atoms with van der Waals surface area (Å²) in [6.45, 7) is 4.57. The molecule has 3 rings (SSSR count). The number of benzene rings is 1. The van der Waals surface area contributed by atoms with Crippen LogP contribution in [0.1, 0.15) is 26.7 Å². The zero-order valence-corrected chi connectivity index (χ0v) is 15.1. The Morgan fingerprint density at radius 1 is 1.12 bits per heavy atom. The molecule has 0 fully saturated rings. The van der Waals surface area contributed by atoms with Crippen LogP contribution in [0.2, 0.25) is 0 Å². The van der Waals surface area contributed by atoms with Gasteiger partial charge in [0.15, 0.2) is 5.82 Å². The molecular weight excluding hydrogens is 326 g/mol. The molecular formula is C20H23N5O. The van der Waals surface area contributed by atoms with Gasteiger partial charge in [-0.3, -0.25) is 9.78 Å². The van der Waals surface area contributed by atoms with Gasteiger partial charge in [-0.25, -0.2) is 9.97 Å². The number of fused-ring (bicyclic) bond motifs is 1. The second-order valence-electron chi connectivity index (χ2n) is 6.20. The van der Waals surface area contributed by atoms with E-state index in [9.17, 15) is 4.79 Å². The first-order valence-electron chi connectivity index (χ1n) is 8.87. The molecule has 134 valence electrons. The number of aromatic nitrogens is 3. The number of para-hydroxylation sites is 1. The summed E-state index contributed by atoms with van der Waals surface area (Å²) >= 11 is 0. The van der Waals surface area contributed by atoms with Gasteiger partial charge in [-0.1, -0.05) is 19.1 Å². The van der Waals surface area contributed by atoms with E-state index >= 15 is 0 Å². The van der Waals surface area contributed by atoms with Crippen molar-refractivity contribution in [1.82, 2.24) is 20.3 Å². The summed E-state index contributed by atoms with van der Waals surface area (Å²) < 4.78 is 0. The number of anilines is 1. The molecule has 3 aromatic rings. The van der Waals surface area contributed by atoms with Crippen molar-refractivity contribution >= 4 is 22.6 Å². The van der Waals surface area contributed by atoms with E-state index in [-0.39, 0.29) is 11.9 Å². The third kappa shape index (κ3) is 4.33. The first kappa shape index (κ1) is 17.8. The van der Waals surface area contributed by atoms with E-state index in [0.717, 1.165) is 28.7 Å². The van der Waals surface area contributed by atoms with Crippen LogP contribution >= 0.6 is 0 Å². The van der Waals surface area contributed by atoms with Crippen LogP contribution in [0.5, 0.6) is 0 Å². The van der Waals surface area contributed by atoms with Crippen LogP contribution in [-0.4, -0.2) is 33.4 Å². The number of carbonyl (C=O) groups is 1. The molecule has 0 radical (unpaired) electrons. The van der Waals surface area contributed by atoms with Crippen LogP contribution in [0.25, 0.3) is 22.3 Å². The molecule has 1 atom stereocenters. The van der Waals surface area contributed by atoms with Crippen molar-refractivity contribution in [2.24, 2.45) is 0 Å². The second-order valence-corrected chi connectivity index (χ2v) is 6.20. The normalized spacial score (nSPS) is 11.9. The molecule has 0 aliphatic heterocycles. The monoisotopic (exact) mass is 349 g/mol. The molecule has 0 bridgehead atoms. The van der Waals surface area contributed by atoms with E-state index in [1.54, 1.807) is 12.4 Å². The van der Waals surface area contributed by atoms with Crippen molar-refractivity contribution in [3.63, 3.8) is 0 Å². The third-order valence-electron chi connectivity index (χ3n) is 4.21. The molecule has 2 N–H and O–H groups in total. The Labute approximate surface area is 153 Å². The van der Waals surface area contributed by atoms with Gasteiger partial charge in [0.2, 0.25) is 5.91 Å². The molecule has 0 aliphatic rings. The Morgan fingerprint density at radius 2 is 1.88 bits per heavy atom. The van der Waals surface area contributed by atoms with E-state index < -0.39 is 0 Å². The molecule has 2 heterocycles. The largest absolute Gasteiger partial charge is 0.369 e. The Hall–Kier alpha value is -3.02. The zero-order chi connectivity index (χ0) is 18.4. The van der Waals surface area contributed by atoms with Gasteiger partial charge in [-0.2, -0.15) is 0 Å². The highest BCUT2D eigenvalue weighted by molar-refractivity contribution is 5.90. The molecule has 6 heteroatoms. The van der Waals surface area contributed by atoms with Crippen molar-refractivity contribution in [1.29, 1.82) is 0 Å². The highest BCUT2D eigenvalue weighted by Crippen LogP contribution is 2.24. The summed E-state index contributed by atoms with van der Waals surface area (Å²) in [6.07, 6.45) is 4.76. The number of nitrogens with zero attached hydrogens (tertiary/aromatic N) is 3. The van der Waals surface area contributed by atoms with Crippen LogP contribution in [0.3, 0.4) is 0 Å². The molecule has 1 aromatic carbocycles. The van der Waals surface area contributed by atoms with Gasteiger partial charge in [0, 0.05) is 42.4 Å². The summed E-state index contributed by atoms with van der Waals surface area (Å²) in [7, 11) is 0. The van der Waals surface area contributed by atoms with Crippen molar-refractivity contribution in [3.05, 3.63) is 48.8 Å². The first-order valence-corrected chi connectivity index (χ1v) is 8.87. The molecule has 1 amide bonds. The lowest BCUT2D eigenvalue weighted by Gasteiger charge is -2.13. The van der Waals surface area contributed by atoms with Gasteiger partial charge in [-0.05, 0) is 37.6 Å². The van der Waals surface area contributed by atoms with E-state index in [0.29, 0.717) is 18.8 Å². The molecule has 26 heavy (non-hydrogen) atoms. The second kappa shape index (κ2) is 8.38. The Bertz CT molecular complexity index is 882. The molecule has 6 nitrogen and oxygen atoms in total. The standard InChI is InChI=1S/C20H23N5O/c1-3-14(2)23-18(26)10-13-22-20-16-6-4-5-7-17(16)24-19(25-20)15-8-11-21-12-9-15/h4-9,11-12,14H,3,10,13H2,1-2H3,(H,23,26)(H,22,24,25). The Balaban J connectivity index is 1.79. The van der Waals surface area contributed by atoms with Crippen molar-refractivity contribution in [2.45, 2.75) is 32.7 Å². The van der Waals surface area contributed by atoms with Crippen LogP contribution < -0.4 is 10.6 Å². The van der Waals surface area contributed by atoms with Gasteiger partial charge >= 0.3 is 0 Å². The molecule has 0 saturated heterocycles. The average Bonchev–Trinajstić information content (AvgIpc) is 2.68. The maximum absolute atomic E-state index is 12.0. The van der Waals surface area contributed by atoms with Crippen molar-refractivity contribution in [2.75, 3.05) is 11.9 Å². The van der Waals surface area contributed by atoms with E-state index in [4.69, 9.17) is 0 Å². The highest BCUT2D eigenvalue weighted by Gasteiger charge is 2.10. The zero-order valence-electron chi connectivity index (χ0n) is 15.1. The van der Waals surface area contributed by atoms with E-state index in [2.05, 4.69) is 32.5 Å². The van der Waals surface area contributed by atoms with E-state index in [1.165, 1.54) is 0 Å². The fourth-order valence-corrected chi connectivity index (χ4v) is 2.58. The summed E-state index contributed by atoms with van der Waals surface area (Å²) in [5.41, 5.74) is 1.77. The quantitative estimate of drug-likeness (QED) is 0.683.